The highest BCUT2D eigenvalue weighted by Gasteiger charge is 2.30. The number of hydrogen-bond acceptors (Lipinski definition) is 6. The van der Waals surface area contributed by atoms with E-state index < -0.39 is 17.8 Å². The smallest absolute Gasteiger partial charge is 0.259 e. The molecular weight excluding hydrogens is 367 g/mol. The van der Waals surface area contributed by atoms with Crippen LogP contribution in [0.25, 0.3) is 11.3 Å². The van der Waals surface area contributed by atoms with E-state index in [1.54, 1.807) is 19.0 Å². The number of carbonyl (C=O) groups is 2. The first kappa shape index (κ1) is 19.7. The maximum absolute atomic E-state index is 13.8. The molecule has 0 spiro atoms. The van der Waals surface area contributed by atoms with Crippen molar-refractivity contribution in [1.29, 1.82) is 0 Å². The zero-order valence-electron chi connectivity index (χ0n) is 16.0. The van der Waals surface area contributed by atoms with Crippen molar-refractivity contribution < 1.29 is 23.2 Å². The monoisotopic (exact) mass is 390 g/mol. The molecule has 2 aromatic rings. The van der Waals surface area contributed by atoms with Gasteiger partial charge in [0.15, 0.2) is 23.1 Å². The fraction of sp³-hybridized carbons (Fsp3) is 0.421. The molecule has 2 N–H and O–H groups in total. The summed E-state index contributed by atoms with van der Waals surface area (Å²) in [5.74, 6) is -0.711. The molecule has 0 saturated carbocycles. The second-order valence-corrected chi connectivity index (χ2v) is 6.77. The number of methoxy groups -OCH3 is 1. The fourth-order valence-electron chi connectivity index (χ4n) is 3.10. The number of rotatable bonds is 5. The summed E-state index contributed by atoms with van der Waals surface area (Å²) in [6, 6.07) is 3.51. The van der Waals surface area contributed by atoms with Crippen molar-refractivity contribution in [2.24, 2.45) is 0 Å². The van der Waals surface area contributed by atoms with Gasteiger partial charge in [-0.2, -0.15) is 0 Å². The van der Waals surface area contributed by atoms with Crippen molar-refractivity contribution in [1.82, 2.24) is 15.8 Å². The number of aromatic nitrogens is 1. The number of anilines is 1. The lowest BCUT2D eigenvalue weighted by molar-refractivity contribution is -0.122. The molecule has 1 unspecified atom stereocenters. The van der Waals surface area contributed by atoms with E-state index in [-0.39, 0.29) is 23.0 Å². The summed E-state index contributed by atoms with van der Waals surface area (Å²) in [6.07, 6.45) is 2.25. The maximum Gasteiger partial charge on any atom is 0.259 e. The molecule has 1 fully saturated rings. The van der Waals surface area contributed by atoms with Gasteiger partial charge in [-0.1, -0.05) is 5.16 Å². The van der Waals surface area contributed by atoms with Gasteiger partial charge >= 0.3 is 0 Å². The minimum Gasteiger partial charge on any atom is -0.494 e. The summed E-state index contributed by atoms with van der Waals surface area (Å²) in [5, 5.41) is 9.54. The first-order chi connectivity index (χ1) is 13.4. The molecule has 3 rings (SSSR count). The van der Waals surface area contributed by atoms with E-state index >= 15 is 0 Å². The summed E-state index contributed by atoms with van der Waals surface area (Å²) < 4.78 is 24.2. The van der Waals surface area contributed by atoms with E-state index in [0.29, 0.717) is 24.3 Å². The molecule has 8 nitrogen and oxygen atoms in total. The Bertz CT molecular complexity index is 881. The molecule has 0 radical (unpaired) electrons. The number of carbonyl (C=O) groups excluding carboxylic acids is 2. The van der Waals surface area contributed by atoms with Gasteiger partial charge in [0, 0.05) is 26.2 Å². The minimum atomic E-state index is -0.629. The van der Waals surface area contributed by atoms with E-state index in [1.807, 2.05) is 0 Å². The Hall–Kier alpha value is -3.10. The Morgan fingerprint density at radius 1 is 1.39 bits per heavy atom. The maximum atomic E-state index is 13.8. The Morgan fingerprint density at radius 3 is 2.89 bits per heavy atom. The number of hydrogen-bond donors (Lipinski definition) is 2. The van der Waals surface area contributed by atoms with E-state index in [9.17, 15) is 14.0 Å². The van der Waals surface area contributed by atoms with Crippen LogP contribution in [-0.4, -0.2) is 50.8 Å². The lowest BCUT2D eigenvalue weighted by Crippen LogP contribution is -2.45. The molecule has 28 heavy (non-hydrogen) atoms. The highest BCUT2D eigenvalue weighted by molar-refractivity contribution is 6.05. The van der Waals surface area contributed by atoms with E-state index in [4.69, 9.17) is 9.26 Å². The molecule has 9 heteroatoms. The normalized spacial score (nSPS) is 16.9. The topological polar surface area (TPSA) is 96.7 Å². The third-order valence-electron chi connectivity index (χ3n) is 4.58. The molecule has 150 valence electrons. The third kappa shape index (κ3) is 3.92. The number of ether oxygens (including phenoxy) is 1. The number of benzene rings is 1. The van der Waals surface area contributed by atoms with Crippen molar-refractivity contribution in [2.75, 3.05) is 32.6 Å². The van der Waals surface area contributed by atoms with Crippen LogP contribution in [-0.2, 0) is 4.79 Å². The van der Waals surface area contributed by atoms with Crippen LogP contribution in [0.2, 0.25) is 0 Å². The molecule has 0 bridgehead atoms. The standard InChI is InChI=1S/C19H23FN4O4/c1-24(2)17-15(19(26)22-13-6-4-5-9-21-18(13)25)16(28-23-17)11-7-8-12(20)14(10-11)27-3/h7-8,10,13H,4-6,9H2,1-3H3,(H,21,25)(H,22,26). The first-order valence-corrected chi connectivity index (χ1v) is 9.02. The second-order valence-electron chi connectivity index (χ2n) is 6.77. The van der Waals surface area contributed by atoms with Gasteiger partial charge in [0.05, 0.1) is 7.11 Å². The Kier molecular flexibility index (Phi) is 5.81. The number of nitrogens with zero attached hydrogens (tertiary/aromatic N) is 2. The van der Waals surface area contributed by atoms with Crippen LogP contribution in [0.4, 0.5) is 10.2 Å². The number of amides is 2. The van der Waals surface area contributed by atoms with Gasteiger partial charge in [0.1, 0.15) is 11.6 Å². The Morgan fingerprint density at radius 2 is 2.18 bits per heavy atom. The summed E-state index contributed by atoms with van der Waals surface area (Å²) >= 11 is 0. The van der Waals surface area contributed by atoms with Gasteiger partial charge in [0.25, 0.3) is 5.91 Å². The quantitative estimate of drug-likeness (QED) is 0.810. The highest BCUT2D eigenvalue weighted by atomic mass is 19.1. The Labute approximate surface area is 162 Å². The largest absolute Gasteiger partial charge is 0.494 e. The number of nitrogens with one attached hydrogen (secondary N) is 2. The predicted octanol–water partition coefficient (Wildman–Crippen LogP) is 1.95. The first-order valence-electron chi connectivity index (χ1n) is 9.02. The van der Waals surface area contributed by atoms with Gasteiger partial charge in [-0.3, -0.25) is 9.59 Å². The zero-order chi connectivity index (χ0) is 20.3. The van der Waals surface area contributed by atoms with Gasteiger partial charge < -0.3 is 24.8 Å². The average Bonchev–Trinajstić information content (AvgIpc) is 3.03. The van der Waals surface area contributed by atoms with Crippen LogP contribution in [0.15, 0.2) is 22.7 Å². The van der Waals surface area contributed by atoms with Crippen molar-refractivity contribution in [3.63, 3.8) is 0 Å². The average molecular weight is 390 g/mol. The molecule has 2 heterocycles. The second kappa shape index (κ2) is 8.28. The molecule has 0 aliphatic carbocycles. The molecule has 1 aliphatic heterocycles. The van der Waals surface area contributed by atoms with Crippen molar-refractivity contribution in [2.45, 2.75) is 25.3 Å². The summed E-state index contributed by atoms with van der Waals surface area (Å²) in [4.78, 5) is 26.9. The lowest BCUT2D eigenvalue weighted by atomic mass is 10.1. The van der Waals surface area contributed by atoms with Crippen LogP contribution in [0.3, 0.4) is 0 Å². The van der Waals surface area contributed by atoms with Gasteiger partial charge in [-0.25, -0.2) is 4.39 Å². The van der Waals surface area contributed by atoms with Crippen LogP contribution in [0.5, 0.6) is 5.75 Å². The molecular formula is C19H23FN4O4. The van der Waals surface area contributed by atoms with E-state index in [2.05, 4.69) is 15.8 Å². The molecule has 1 aromatic heterocycles. The third-order valence-corrected chi connectivity index (χ3v) is 4.58. The van der Waals surface area contributed by atoms with Gasteiger partial charge in [-0.05, 0) is 37.5 Å². The van der Waals surface area contributed by atoms with Crippen LogP contribution in [0, 0.1) is 5.82 Å². The Balaban J connectivity index is 1.98. The van der Waals surface area contributed by atoms with Crippen molar-refractivity contribution >= 4 is 17.6 Å². The molecule has 1 aromatic carbocycles. The number of halogens is 1. The lowest BCUT2D eigenvalue weighted by Gasteiger charge is -2.17. The van der Waals surface area contributed by atoms with Crippen molar-refractivity contribution in [3.05, 3.63) is 29.6 Å². The molecule has 1 atom stereocenters. The van der Waals surface area contributed by atoms with Crippen molar-refractivity contribution in [3.8, 4) is 17.1 Å². The molecule has 1 aliphatic rings. The fourth-order valence-corrected chi connectivity index (χ4v) is 3.10. The molecule has 1 saturated heterocycles. The van der Waals surface area contributed by atoms with Crippen LogP contribution < -0.4 is 20.3 Å². The predicted molar refractivity (Wildman–Crippen MR) is 101 cm³/mol. The van der Waals surface area contributed by atoms with Crippen LogP contribution >= 0.6 is 0 Å². The molecule has 2 amide bonds. The van der Waals surface area contributed by atoms with Crippen LogP contribution in [0.1, 0.15) is 29.6 Å². The van der Waals surface area contributed by atoms with Gasteiger partial charge in [0.2, 0.25) is 5.91 Å². The van der Waals surface area contributed by atoms with E-state index in [1.165, 1.54) is 25.3 Å². The SMILES string of the molecule is COc1cc(-c2onc(N(C)C)c2C(=O)NC2CCCCNC2=O)ccc1F. The summed E-state index contributed by atoms with van der Waals surface area (Å²) in [6.45, 7) is 0.599. The minimum absolute atomic E-state index is 0.0230. The van der Waals surface area contributed by atoms with Gasteiger partial charge in [-0.15, -0.1) is 0 Å². The zero-order valence-corrected chi connectivity index (χ0v) is 16.0. The highest BCUT2D eigenvalue weighted by Crippen LogP contribution is 2.33. The van der Waals surface area contributed by atoms with E-state index in [0.717, 1.165) is 12.8 Å². The summed E-state index contributed by atoms with van der Waals surface area (Å²) in [7, 11) is 4.80. The summed E-state index contributed by atoms with van der Waals surface area (Å²) in [5.41, 5.74) is 0.616.